The van der Waals surface area contributed by atoms with Gasteiger partial charge in [0.15, 0.2) is 11.5 Å². The Morgan fingerprint density at radius 2 is 1.76 bits per heavy atom. The Morgan fingerprint density at radius 3 is 2.56 bits per heavy atom. The summed E-state index contributed by atoms with van der Waals surface area (Å²) in [5.74, 6) is 0.487. The van der Waals surface area contributed by atoms with E-state index < -0.39 is 21.6 Å². The highest BCUT2D eigenvalue weighted by molar-refractivity contribution is 7.93. The number of halogens is 2. The Hall–Kier alpha value is -3.94. The number of hydrogen-bond acceptors (Lipinski definition) is 8. The van der Waals surface area contributed by atoms with Gasteiger partial charge in [0.25, 0.3) is 0 Å². The van der Waals surface area contributed by atoms with Gasteiger partial charge in [0.1, 0.15) is 12.5 Å². The second-order valence-electron chi connectivity index (χ2n) is 10.2. The highest BCUT2D eigenvalue weighted by Gasteiger charge is 2.43. The zero-order valence-electron chi connectivity index (χ0n) is 21.8. The number of nitrogens with one attached hydrogen (secondary N) is 1. The maximum Gasteiger partial charge on any atom is 0.586 e. The molecule has 13 heteroatoms. The lowest BCUT2D eigenvalue weighted by molar-refractivity contribution is -0.286. The van der Waals surface area contributed by atoms with Gasteiger partial charge in [-0.25, -0.2) is 12.9 Å². The molecule has 2 fully saturated rings. The summed E-state index contributed by atoms with van der Waals surface area (Å²) in [7, 11) is -3.57. The minimum atomic E-state index is -3.74. The molecule has 2 aromatic carbocycles. The Bertz CT molecular complexity index is 1730. The van der Waals surface area contributed by atoms with Gasteiger partial charge in [-0.05, 0) is 65.9 Å². The fourth-order valence-electron chi connectivity index (χ4n) is 4.93. The first-order chi connectivity index (χ1) is 19.7. The molecule has 2 aromatic heterocycles. The van der Waals surface area contributed by atoms with Gasteiger partial charge in [-0.15, -0.1) is 8.78 Å². The summed E-state index contributed by atoms with van der Waals surface area (Å²) in [6, 6.07) is 13.4. The number of aromatic nitrogens is 2. The van der Waals surface area contributed by atoms with Gasteiger partial charge in [-0.2, -0.15) is 5.10 Å². The topological polar surface area (TPSA) is 104 Å². The lowest BCUT2D eigenvalue weighted by atomic mass is 9.98. The molecule has 0 atom stereocenters. The van der Waals surface area contributed by atoms with E-state index >= 15 is 0 Å². The monoisotopic (exact) mass is 584 g/mol. The van der Waals surface area contributed by atoms with E-state index in [1.54, 1.807) is 35.1 Å². The molecule has 0 radical (unpaired) electrons. The summed E-state index contributed by atoms with van der Waals surface area (Å²) in [5, 5.41) is 4.04. The molecule has 214 valence electrons. The quantitative estimate of drug-likeness (QED) is 0.322. The second kappa shape index (κ2) is 9.86. The van der Waals surface area contributed by atoms with Crippen molar-refractivity contribution in [2.75, 3.05) is 37.8 Å². The number of fused-ring (bicyclic) bond motifs is 2. The molecule has 4 aromatic rings. The maximum absolute atomic E-state index is 13.6. The van der Waals surface area contributed by atoms with Crippen LogP contribution in [0.25, 0.3) is 27.8 Å². The van der Waals surface area contributed by atoms with Crippen molar-refractivity contribution in [3.8, 4) is 39.5 Å². The van der Waals surface area contributed by atoms with Crippen LogP contribution in [-0.4, -0.2) is 67.5 Å². The zero-order valence-corrected chi connectivity index (χ0v) is 22.6. The maximum atomic E-state index is 13.6. The number of rotatable bonds is 8. The third-order valence-electron chi connectivity index (χ3n) is 7.21. The molecule has 1 N–H and O–H groups in total. The first kappa shape index (κ1) is 26.0. The number of anilines is 1. The van der Waals surface area contributed by atoms with Gasteiger partial charge >= 0.3 is 6.29 Å². The van der Waals surface area contributed by atoms with E-state index in [0.717, 1.165) is 24.2 Å². The van der Waals surface area contributed by atoms with Crippen LogP contribution in [0.2, 0.25) is 0 Å². The van der Waals surface area contributed by atoms with E-state index in [9.17, 15) is 17.2 Å². The van der Waals surface area contributed by atoms with E-state index in [2.05, 4.69) is 24.2 Å². The van der Waals surface area contributed by atoms with Crippen molar-refractivity contribution < 1.29 is 36.1 Å². The molecule has 0 bridgehead atoms. The van der Waals surface area contributed by atoms with Crippen molar-refractivity contribution in [3.05, 3.63) is 60.9 Å². The molecule has 41 heavy (non-hydrogen) atoms. The van der Waals surface area contributed by atoms with E-state index in [1.165, 1.54) is 12.1 Å². The fourth-order valence-corrected chi connectivity index (χ4v) is 6.30. The van der Waals surface area contributed by atoms with Gasteiger partial charge < -0.3 is 18.9 Å². The Balaban J connectivity index is 1.26. The number of nitrogens with zero attached hydrogens (tertiary/aromatic N) is 3. The number of ether oxygens (including phenoxy) is 4. The first-order valence-electron chi connectivity index (χ1n) is 13.2. The van der Waals surface area contributed by atoms with Crippen LogP contribution >= 0.6 is 0 Å². The van der Waals surface area contributed by atoms with E-state index in [4.69, 9.17) is 9.47 Å². The first-order valence-corrected chi connectivity index (χ1v) is 14.7. The van der Waals surface area contributed by atoms with Crippen LogP contribution in [0.4, 0.5) is 14.5 Å². The molecule has 0 spiro atoms. The lowest BCUT2D eigenvalue weighted by Crippen LogP contribution is -2.38. The minimum Gasteiger partial charge on any atom is -0.478 e. The molecule has 2 aliphatic heterocycles. The van der Waals surface area contributed by atoms with Crippen molar-refractivity contribution >= 4 is 21.2 Å². The summed E-state index contributed by atoms with van der Waals surface area (Å²) in [6.07, 6.45) is 0.969. The van der Waals surface area contributed by atoms with Gasteiger partial charge in [0.05, 0.1) is 30.2 Å². The van der Waals surface area contributed by atoms with Gasteiger partial charge in [0.2, 0.25) is 10.0 Å². The SMILES string of the molecule is O=S(=O)(Nc1cc(-c2ccc3c(c2)OC(F)(F)O3)cc(-c2cnn3ccc(OCN4CCOCC4)cc23)c1)C1CC1. The molecule has 10 nitrogen and oxygen atoms in total. The number of benzene rings is 2. The van der Waals surface area contributed by atoms with Crippen LogP contribution in [0.3, 0.4) is 0 Å². The molecule has 7 rings (SSSR count). The Labute approximate surface area is 234 Å². The minimum absolute atomic E-state index is 0.0724. The van der Waals surface area contributed by atoms with E-state index in [-0.39, 0.29) is 11.5 Å². The summed E-state index contributed by atoms with van der Waals surface area (Å²) < 4.78 is 77.9. The second-order valence-corrected chi connectivity index (χ2v) is 12.2. The van der Waals surface area contributed by atoms with Crippen LogP contribution in [-0.2, 0) is 14.8 Å². The molecule has 1 saturated heterocycles. The van der Waals surface area contributed by atoms with Crippen molar-refractivity contribution in [1.29, 1.82) is 0 Å². The van der Waals surface area contributed by atoms with Crippen LogP contribution in [0.5, 0.6) is 17.2 Å². The molecule has 1 aliphatic carbocycles. The highest BCUT2D eigenvalue weighted by atomic mass is 32.2. The van der Waals surface area contributed by atoms with Crippen molar-refractivity contribution in [2.45, 2.75) is 24.4 Å². The average Bonchev–Trinajstić information content (AvgIpc) is 3.66. The van der Waals surface area contributed by atoms with Crippen molar-refractivity contribution in [2.24, 2.45) is 0 Å². The van der Waals surface area contributed by atoms with Crippen LogP contribution in [0.1, 0.15) is 12.8 Å². The van der Waals surface area contributed by atoms with Gasteiger partial charge in [0, 0.05) is 36.6 Å². The fraction of sp³-hybridized carbons (Fsp3) is 0.321. The van der Waals surface area contributed by atoms with Crippen LogP contribution < -0.4 is 18.9 Å². The summed E-state index contributed by atoms with van der Waals surface area (Å²) in [4.78, 5) is 2.16. The van der Waals surface area contributed by atoms with Gasteiger partial charge in [-0.1, -0.05) is 6.07 Å². The summed E-state index contributed by atoms with van der Waals surface area (Å²) >= 11 is 0. The molecule has 4 heterocycles. The van der Waals surface area contributed by atoms with Gasteiger partial charge in [-0.3, -0.25) is 9.62 Å². The molecule has 0 unspecified atom stereocenters. The lowest BCUT2D eigenvalue weighted by Gasteiger charge is -2.26. The number of sulfonamides is 1. The smallest absolute Gasteiger partial charge is 0.478 e. The van der Waals surface area contributed by atoms with Crippen molar-refractivity contribution in [1.82, 2.24) is 14.5 Å². The normalized spacial score (nSPS) is 18.5. The van der Waals surface area contributed by atoms with Crippen LogP contribution in [0.15, 0.2) is 60.9 Å². The third kappa shape index (κ3) is 5.39. The molecule has 0 amide bonds. The Morgan fingerprint density at radius 1 is 0.976 bits per heavy atom. The molecule has 1 saturated carbocycles. The number of hydrogen-bond donors (Lipinski definition) is 1. The number of pyridine rings is 1. The Kier molecular flexibility index (Phi) is 6.25. The molecular formula is C28H26F2N4O6S. The standard InChI is InChI=1S/C28H26F2N4O6S/c29-28(30)39-26-4-1-18(14-27(26)40-28)19-11-20(13-21(12-19)32-41(35,36)23-2-3-23)24-16-31-34-6-5-22(15-25(24)34)38-17-33-7-9-37-10-8-33/h1,4-6,11-16,23,32H,2-3,7-10,17H2. The zero-order chi connectivity index (χ0) is 28.2. The molecule has 3 aliphatic rings. The van der Waals surface area contributed by atoms with Crippen molar-refractivity contribution in [3.63, 3.8) is 0 Å². The molecular weight excluding hydrogens is 558 g/mol. The van der Waals surface area contributed by atoms with E-state index in [1.807, 2.05) is 18.2 Å². The highest BCUT2D eigenvalue weighted by Crippen LogP contribution is 2.44. The third-order valence-corrected chi connectivity index (χ3v) is 9.08. The average molecular weight is 585 g/mol. The summed E-state index contributed by atoms with van der Waals surface area (Å²) in [5.41, 5.74) is 3.66. The largest absolute Gasteiger partial charge is 0.586 e. The predicted octanol–water partition coefficient (Wildman–Crippen LogP) is 4.56. The number of alkyl halides is 2. The number of morpholine rings is 1. The predicted molar refractivity (Wildman–Crippen MR) is 146 cm³/mol. The van der Waals surface area contributed by atoms with Crippen LogP contribution in [0, 0.1) is 0 Å². The van der Waals surface area contributed by atoms with E-state index in [0.29, 0.717) is 60.9 Å². The summed E-state index contributed by atoms with van der Waals surface area (Å²) in [6.45, 7) is 3.36.